The number of hydrogen-bond acceptors (Lipinski definition) is 2. The van der Waals surface area contributed by atoms with Gasteiger partial charge in [0.15, 0.2) is 11.6 Å². The van der Waals surface area contributed by atoms with E-state index < -0.39 is 75.6 Å². The first-order chi connectivity index (χ1) is 22.1. The average Bonchev–Trinajstić information content (AvgIpc) is 2.96. The highest BCUT2D eigenvalue weighted by atomic mass is 19.4. The SMILES string of the molecule is C=CCCc1ccc(C(F)(F)Oc2cc(F)c(C#Cc3ccc(C#Cc4cc(F)c(OC(F)(F)F)c(F)c4)c(F)c3)c(F)c2)c(F)c1. The van der Waals surface area contributed by atoms with Crippen LogP contribution < -0.4 is 9.47 Å². The Bertz CT molecular complexity index is 1910. The van der Waals surface area contributed by atoms with Crippen molar-refractivity contribution < 1.29 is 57.8 Å². The molecule has 0 saturated carbocycles. The average molecular weight is 666 g/mol. The topological polar surface area (TPSA) is 18.5 Å². The van der Waals surface area contributed by atoms with Crippen molar-refractivity contribution in [1.29, 1.82) is 0 Å². The summed E-state index contributed by atoms with van der Waals surface area (Å²) in [5, 5.41) is 0. The normalized spacial score (nSPS) is 11.2. The van der Waals surface area contributed by atoms with Gasteiger partial charge in [0.2, 0.25) is 5.75 Å². The Morgan fingerprint density at radius 2 is 1.23 bits per heavy atom. The van der Waals surface area contributed by atoms with Crippen LogP contribution in [0.5, 0.6) is 11.5 Å². The van der Waals surface area contributed by atoms with Crippen LogP contribution in [0, 0.1) is 58.6 Å². The fraction of sp³-hybridized carbons (Fsp3) is 0.118. The van der Waals surface area contributed by atoms with Crippen LogP contribution in [0.15, 0.2) is 73.3 Å². The standard InChI is InChI=1S/C34H17F11O2/c1-2-3-4-19-8-12-25(29(38)14-19)33(41,42)46-23-17-27(36)24(28(37)18-23)11-7-20-5-9-22(26(35)13-20)10-6-21-15-30(39)32(31(40)16-21)47-34(43,44)45/h2,5,8-9,12-18H,1,3-4H2. The minimum atomic E-state index is -5.35. The molecule has 0 aromatic heterocycles. The van der Waals surface area contributed by atoms with E-state index in [0.717, 1.165) is 30.3 Å². The lowest BCUT2D eigenvalue weighted by Gasteiger charge is -2.19. The van der Waals surface area contributed by atoms with Gasteiger partial charge in [-0.05, 0) is 60.9 Å². The van der Waals surface area contributed by atoms with Crippen LogP contribution in [0.4, 0.5) is 48.3 Å². The molecule has 0 amide bonds. The molecule has 0 bridgehead atoms. The van der Waals surface area contributed by atoms with Crippen molar-refractivity contribution in [2.24, 2.45) is 0 Å². The molecule has 4 aromatic carbocycles. The summed E-state index contributed by atoms with van der Waals surface area (Å²) in [4.78, 5) is 0. The highest BCUT2D eigenvalue weighted by Gasteiger charge is 2.38. The van der Waals surface area contributed by atoms with Crippen LogP contribution >= 0.6 is 0 Å². The molecule has 0 fully saturated rings. The van der Waals surface area contributed by atoms with Crippen LogP contribution in [0.3, 0.4) is 0 Å². The van der Waals surface area contributed by atoms with E-state index in [1.54, 1.807) is 6.08 Å². The molecule has 4 rings (SSSR count). The first-order valence-electron chi connectivity index (χ1n) is 13.1. The Kier molecular flexibility index (Phi) is 10.2. The van der Waals surface area contributed by atoms with E-state index in [4.69, 9.17) is 0 Å². The van der Waals surface area contributed by atoms with Gasteiger partial charge in [-0.15, -0.1) is 19.8 Å². The lowest BCUT2D eigenvalue weighted by atomic mass is 10.1. The zero-order valence-electron chi connectivity index (χ0n) is 23.4. The molecule has 13 heteroatoms. The quantitative estimate of drug-likeness (QED) is 0.111. The number of aryl methyl sites for hydroxylation is 1. The summed E-state index contributed by atoms with van der Waals surface area (Å²) in [5.74, 6) is -2.45. The number of hydrogen-bond donors (Lipinski definition) is 0. The van der Waals surface area contributed by atoms with Crippen molar-refractivity contribution in [2.45, 2.75) is 25.3 Å². The van der Waals surface area contributed by atoms with Crippen LogP contribution in [-0.2, 0) is 12.5 Å². The molecule has 0 aliphatic rings. The molecule has 0 aliphatic carbocycles. The van der Waals surface area contributed by atoms with Crippen molar-refractivity contribution in [3.05, 3.63) is 142 Å². The minimum Gasteiger partial charge on any atom is -0.429 e. The summed E-state index contributed by atoms with van der Waals surface area (Å²) >= 11 is 0. The van der Waals surface area contributed by atoms with E-state index in [1.165, 1.54) is 6.07 Å². The maximum absolute atomic E-state index is 14.7. The molecular weight excluding hydrogens is 649 g/mol. The Hall–Kier alpha value is -5.43. The molecule has 242 valence electrons. The van der Waals surface area contributed by atoms with Gasteiger partial charge in [-0.25, -0.2) is 26.3 Å². The Morgan fingerprint density at radius 1 is 0.617 bits per heavy atom. The second-order valence-corrected chi connectivity index (χ2v) is 9.53. The van der Waals surface area contributed by atoms with Crippen LogP contribution in [0.25, 0.3) is 0 Å². The lowest BCUT2D eigenvalue weighted by Crippen LogP contribution is -2.23. The smallest absolute Gasteiger partial charge is 0.429 e. The van der Waals surface area contributed by atoms with Gasteiger partial charge < -0.3 is 9.47 Å². The molecule has 0 saturated heterocycles. The lowest BCUT2D eigenvalue weighted by molar-refractivity contribution is -0.276. The van der Waals surface area contributed by atoms with Gasteiger partial charge in [0.05, 0.1) is 16.7 Å². The maximum Gasteiger partial charge on any atom is 0.573 e. The maximum atomic E-state index is 14.7. The number of allylic oxidation sites excluding steroid dienone is 1. The molecule has 0 spiro atoms. The molecule has 0 unspecified atom stereocenters. The second kappa shape index (κ2) is 13.9. The van der Waals surface area contributed by atoms with E-state index >= 15 is 0 Å². The van der Waals surface area contributed by atoms with E-state index in [9.17, 15) is 48.3 Å². The van der Waals surface area contributed by atoms with Crippen LogP contribution in [0.1, 0.15) is 39.8 Å². The molecule has 0 atom stereocenters. The second-order valence-electron chi connectivity index (χ2n) is 9.53. The molecule has 4 aromatic rings. The summed E-state index contributed by atoms with van der Waals surface area (Å²) in [5.41, 5.74) is -2.54. The van der Waals surface area contributed by atoms with E-state index in [-0.39, 0.29) is 11.1 Å². The number of halogens is 11. The predicted molar refractivity (Wildman–Crippen MR) is 147 cm³/mol. The molecular formula is C34H17F11O2. The van der Waals surface area contributed by atoms with Gasteiger partial charge in [0.1, 0.15) is 29.0 Å². The summed E-state index contributed by atoms with van der Waals surface area (Å²) in [7, 11) is 0. The number of alkyl halides is 5. The number of benzene rings is 4. The van der Waals surface area contributed by atoms with E-state index in [1.807, 2.05) is 0 Å². The summed E-state index contributed by atoms with van der Waals surface area (Å²) < 4.78 is 160. The summed E-state index contributed by atoms with van der Waals surface area (Å²) in [6.07, 6.45) is -7.25. The van der Waals surface area contributed by atoms with Crippen molar-refractivity contribution in [3.8, 4) is 35.2 Å². The van der Waals surface area contributed by atoms with E-state index in [2.05, 4.69) is 39.7 Å². The Balaban J connectivity index is 1.50. The van der Waals surface area contributed by atoms with Gasteiger partial charge in [0, 0.05) is 23.3 Å². The molecule has 2 nitrogen and oxygen atoms in total. The molecule has 47 heavy (non-hydrogen) atoms. The monoisotopic (exact) mass is 666 g/mol. The van der Waals surface area contributed by atoms with Gasteiger partial charge >= 0.3 is 12.5 Å². The van der Waals surface area contributed by atoms with Gasteiger partial charge in [0.25, 0.3) is 0 Å². The highest BCUT2D eigenvalue weighted by Crippen LogP contribution is 2.35. The van der Waals surface area contributed by atoms with Crippen molar-refractivity contribution in [1.82, 2.24) is 0 Å². The molecule has 0 N–H and O–H groups in total. The Morgan fingerprint density at radius 3 is 1.81 bits per heavy atom. The fourth-order valence-electron chi connectivity index (χ4n) is 3.96. The van der Waals surface area contributed by atoms with E-state index in [0.29, 0.717) is 42.7 Å². The summed E-state index contributed by atoms with van der Waals surface area (Å²) in [6, 6.07) is 7.64. The predicted octanol–water partition coefficient (Wildman–Crippen LogP) is 9.47. The van der Waals surface area contributed by atoms with Crippen molar-refractivity contribution in [3.63, 3.8) is 0 Å². The zero-order valence-corrected chi connectivity index (χ0v) is 23.4. The minimum absolute atomic E-state index is 0.128. The van der Waals surface area contributed by atoms with Gasteiger partial charge in [-0.2, -0.15) is 8.78 Å². The van der Waals surface area contributed by atoms with Crippen LogP contribution in [-0.4, -0.2) is 6.36 Å². The molecule has 0 radical (unpaired) electrons. The third-order valence-corrected chi connectivity index (χ3v) is 6.10. The first kappa shape index (κ1) is 34.4. The molecule has 0 heterocycles. The highest BCUT2D eigenvalue weighted by molar-refractivity contribution is 5.50. The number of ether oxygens (including phenoxy) is 2. The van der Waals surface area contributed by atoms with Crippen molar-refractivity contribution in [2.75, 3.05) is 0 Å². The van der Waals surface area contributed by atoms with Gasteiger partial charge in [-0.3, -0.25) is 0 Å². The zero-order chi connectivity index (χ0) is 34.5. The molecule has 0 aliphatic heterocycles. The third-order valence-electron chi connectivity index (χ3n) is 6.10. The largest absolute Gasteiger partial charge is 0.573 e. The summed E-state index contributed by atoms with van der Waals surface area (Å²) in [6.45, 7) is 3.52. The third kappa shape index (κ3) is 8.85. The fourth-order valence-corrected chi connectivity index (χ4v) is 3.96. The Labute approximate surface area is 260 Å². The van der Waals surface area contributed by atoms with Crippen molar-refractivity contribution >= 4 is 0 Å². The number of rotatable bonds is 7. The van der Waals surface area contributed by atoms with Gasteiger partial charge in [-0.1, -0.05) is 35.8 Å². The van der Waals surface area contributed by atoms with Crippen LogP contribution in [0.2, 0.25) is 0 Å². The first-order valence-corrected chi connectivity index (χ1v) is 13.1.